The van der Waals surface area contributed by atoms with Crippen molar-refractivity contribution in [1.29, 1.82) is 0 Å². The predicted octanol–water partition coefficient (Wildman–Crippen LogP) is 4.29. The molecule has 1 amide bonds. The Labute approximate surface area is 145 Å². The van der Waals surface area contributed by atoms with Crippen molar-refractivity contribution in [3.8, 4) is 5.75 Å². The summed E-state index contributed by atoms with van der Waals surface area (Å²) in [5.74, 6) is -0.276. The fourth-order valence-corrected chi connectivity index (χ4v) is 2.61. The van der Waals surface area contributed by atoms with Crippen LogP contribution in [0.5, 0.6) is 5.75 Å². The number of para-hydroxylation sites is 2. The lowest BCUT2D eigenvalue weighted by atomic mass is 10.1. The number of carbonyl (C=O) groups is 1. The summed E-state index contributed by atoms with van der Waals surface area (Å²) in [5, 5.41) is 10.5. The number of phenols is 1. The van der Waals surface area contributed by atoms with Crippen molar-refractivity contribution in [3.63, 3.8) is 0 Å². The van der Waals surface area contributed by atoms with Crippen LogP contribution in [0.1, 0.15) is 16.1 Å². The summed E-state index contributed by atoms with van der Waals surface area (Å²) in [6.45, 7) is 0.225. The fraction of sp³-hybridized carbons (Fsp3) is 0.0526. The van der Waals surface area contributed by atoms with Crippen LogP contribution in [0.3, 0.4) is 0 Å². The minimum Gasteiger partial charge on any atom is -0.506 e. The SMILES string of the molecule is O=C(c1ccccc1Cl)N(Cc1ccccn1)c1ccccc1O. The number of aromatic hydroxyl groups is 1. The van der Waals surface area contributed by atoms with Crippen LogP contribution in [0.4, 0.5) is 5.69 Å². The molecule has 0 aliphatic carbocycles. The van der Waals surface area contributed by atoms with E-state index < -0.39 is 0 Å². The van der Waals surface area contributed by atoms with Crippen molar-refractivity contribution in [2.75, 3.05) is 4.90 Å². The van der Waals surface area contributed by atoms with Crippen LogP contribution >= 0.6 is 11.6 Å². The Morgan fingerprint density at radius 2 is 1.71 bits per heavy atom. The number of aromatic nitrogens is 1. The molecule has 0 aliphatic rings. The van der Waals surface area contributed by atoms with Gasteiger partial charge in [0.1, 0.15) is 5.75 Å². The minimum atomic E-state index is -0.298. The average molecular weight is 339 g/mol. The number of rotatable bonds is 4. The molecule has 0 aliphatic heterocycles. The first kappa shape index (κ1) is 16.0. The lowest BCUT2D eigenvalue weighted by molar-refractivity contribution is 0.0984. The lowest BCUT2D eigenvalue weighted by Gasteiger charge is -2.24. The molecule has 24 heavy (non-hydrogen) atoms. The summed E-state index contributed by atoms with van der Waals surface area (Å²) in [7, 11) is 0. The Balaban J connectivity index is 2.04. The Morgan fingerprint density at radius 3 is 2.42 bits per heavy atom. The van der Waals surface area contributed by atoms with Crippen molar-refractivity contribution in [2.24, 2.45) is 0 Å². The predicted molar refractivity (Wildman–Crippen MR) is 94.3 cm³/mol. The normalized spacial score (nSPS) is 10.4. The van der Waals surface area contributed by atoms with E-state index in [2.05, 4.69) is 4.98 Å². The number of hydrogen-bond donors (Lipinski definition) is 1. The van der Waals surface area contributed by atoms with E-state index in [0.29, 0.717) is 22.0 Å². The molecule has 2 aromatic carbocycles. The molecular weight excluding hydrogens is 324 g/mol. The first-order valence-corrected chi connectivity index (χ1v) is 7.79. The van der Waals surface area contributed by atoms with Gasteiger partial charge in [-0.3, -0.25) is 14.7 Å². The van der Waals surface area contributed by atoms with Crippen LogP contribution in [0.2, 0.25) is 5.02 Å². The molecule has 0 spiro atoms. The molecule has 0 bridgehead atoms. The van der Waals surface area contributed by atoms with E-state index >= 15 is 0 Å². The van der Waals surface area contributed by atoms with Crippen molar-refractivity contribution in [1.82, 2.24) is 4.98 Å². The maximum atomic E-state index is 13.0. The van der Waals surface area contributed by atoms with Gasteiger partial charge >= 0.3 is 0 Å². The van der Waals surface area contributed by atoms with Gasteiger partial charge in [0.05, 0.1) is 28.5 Å². The maximum Gasteiger partial charge on any atom is 0.260 e. The standard InChI is InChI=1S/C19H15ClN2O2/c20-16-9-2-1-8-15(16)19(24)22(13-14-7-5-6-12-21-14)17-10-3-4-11-18(17)23/h1-12,23H,13H2. The average Bonchev–Trinajstić information content (AvgIpc) is 2.61. The van der Waals surface area contributed by atoms with Gasteiger partial charge in [-0.2, -0.15) is 0 Å². The van der Waals surface area contributed by atoms with Gasteiger partial charge in [0.25, 0.3) is 5.91 Å². The molecule has 1 aromatic heterocycles. The fourth-order valence-electron chi connectivity index (χ4n) is 2.39. The van der Waals surface area contributed by atoms with Gasteiger partial charge in [0.15, 0.2) is 0 Å². The second-order valence-corrected chi connectivity index (χ2v) is 5.59. The first-order valence-electron chi connectivity index (χ1n) is 7.41. The molecule has 120 valence electrons. The third-order valence-electron chi connectivity index (χ3n) is 3.57. The Morgan fingerprint density at radius 1 is 1.00 bits per heavy atom. The van der Waals surface area contributed by atoms with Gasteiger partial charge in [0, 0.05) is 6.20 Å². The number of nitrogens with zero attached hydrogens (tertiary/aromatic N) is 2. The molecule has 3 rings (SSSR count). The Bertz CT molecular complexity index is 853. The maximum absolute atomic E-state index is 13.0. The van der Waals surface area contributed by atoms with Crippen LogP contribution in [0, 0.1) is 0 Å². The zero-order chi connectivity index (χ0) is 16.9. The second kappa shape index (κ2) is 7.15. The summed E-state index contributed by atoms with van der Waals surface area (Å²) in [6, 6.07) is 19.0. The number of halogens is 1. The first-order chi connectivity index (χ1) is 11.7. The van der Waals surface area contributed by atoms with E-state index in [4.69, 9.17) is 11.6 Å². The van der Waals surface area contributed by atoms with E-state index in [-0.39, 0.29) is 18.2 Å². The van der Waals surface area contributed by atoms with Crippen LogP contribution in [0.15, 0.2) is 72.9 Å². The molecule has 5 heteroatoms. The van der Waals surface area contributed by atoms with E-state index in [1.54, 1.807) is 54.7 Å². The van der Waals surface area contributed by atoms with Gasteiger partial charge in [-0.1, -0.05) is 41.9 Å². The van der Waals surface area contributed by atoms with Crippen LogP contribution in [0.25, 0.3) is 0 Å². The highest BCUT2D eigenvalue weighted by molar-refractivity contribution is 6.34. The molecule has 0 saturated heterocycles. The van der Waals surface area contributed by atoms with Crippen molar-refractivity contribution >= 4 is 23.2 Å². The molecular formula is C19H15ClN2O2. The van der Waals surface area contributed by atoms with E-state index in [9.17, 15) is 9.90 Å². The molecule has 0 radical (unpaired) electrons. The van der Waals surface area contributed by atoms with E-state index in [0.717, 1.165) is 0 Å². The zero-order valence-corrected chi connectivity index (χ0v) is 13.5. The van der Waals surface area contributed by atoms with Crippen molar-refractivity contribution in [2.45, 2.75) is 6.54 Å². The summed E-state index contributed by atoms with van der Waals surface area (Å²) in [4.78, 5) is 18.8. The number of phenolic OH excluding ortho intramolecular Hbond substituents is 1. The van der Waals surface area contributed by atoms with E-state index in [1.165, 1.54) is 4.90 Å². The van der Waals surface area contributed by atoms with Crippen molar-refractivity contribution in [3.05, 3.63) is 89.2 Å². The number of anilines is 1. The second-order valence-electron chi connectivity index (χ2n) is 5.18. The monoisotopic (exact) mass is 338 g/mol. The zero-order valence-electron chi connectivity index (χ0n) is 12.8. The molecule has 0 fully saturated rings. The van der Waals surface area contributed by atoms with Crippen LogP contribution < -0.4 is 4.90 Å². The van der Waals surface area contributed by atoms with Crippen LogP contribution in [-0.4, -0.2) is 16.0 Å². The van der Waals surface area contributed by atoms with Crippen molar-refractivity contribution < 1.29 is 9.90 Å². The Hall–Kier alpha value is -2.85. The lowest BCUT2D eigenvalue weighted by Crippen LogP contribution is -2.31. The third kappa shape index (κ3) is 3.39. The van der Waals surface area contributed by atoms with E-state index in [1.807, 2.05) is 18.2 Å². The van der Waals surface area contributed by atoms with Gasteiger partial charge < -0.3 is 5.11 Å². The third-order valence-corrected chi connectivity index (χ3v) is 3.90. The van der Waals surface area contributed by atoms with Gasteiger partial charge in [0.2, 0.25) is 0 Å². The summed E-state index contributed by atoms with van der Waals surface area (Å²) in [6.07, 6.45) is 1.67. The molecule has 0 atom stereocenters. The number of amides is 1. The number of hydrogen-bond acceptors (Lipinski definition) is 3. The number of pyridine rings is 1. The smallest absolute Gasteiger partial charge is 0.260 e. The molecule has 3 aromatic rings. The van der Waals surface area contributed by atoms with Gasteiger partial charge in [-0.05, 0) is 36.4 Å². The molecule has 1 N–H and O–H groups in total. The largest absolute Gasteiger partial charge is 0.506 e. The molecule has 0 saturated carbocycles. The quantitative estimate of drug-likeness (QED) is 0.772. The van der Waals surface area contributed by atoms with Gasteiger partial charge in [-0.25, -0.2) is 0 Å². The summed E-state index contributed by atoms with van der Waals surface area (Å²) in [5.41, 5.74) is 1.49. The topological polar surface area (TPSA) is 53.4 Å². The highest BCUT2D eigenvalue weighted by Gasteiger charge is 2.22. The van der Waals surface area contributed by atoms with Gasteiger partial charge in [-0.15, -0.1) is 0 Å². The number of benzene rings is 2. The summed E-state index contributed by atoms with van der Waals surface area (Å²) < 4.78 is 0. The highest BCUT2D eigenvalue weighted by atomic mass is 35.5. The molecule has 0 unspecified atom stereocenters. The summed E-state index contributed by atoms with van der Waals surface area (Å²) >= 11 is 6.17. The molecule has 1 heterocycles. The van der Waals surface area contributed by atoms with Crippen LogP contribution in [-0.2, 0) is 6.54 Å². The minimum absolute atomic E-state index is 0.0221. The Kier molecular flexibility index (Phi) is 4.77. The molecule has 4 nitrogen and oxygen atoms in total. The number of carbonyl (C=O) groups excluding carboxylic acids is 1. The highest BCUT2D eigenvalue weighted by Crippen LogP contribution is 2.30.